The van der Waals surface area contributed by atoms with Crippen LogP contribution in [0.3, 0.4) is 0 Å². The van der Waals surface area contributed by atoms with Crippen LogP contribution in [0.4, 0.5) is 0 Å². The van der Waals surface area contributed by atoms with Gasteiger partial charge in [0.2, 0.25) is 0 Å². The Hall–Kier alpha value is -0.900. The Labute approximate surface area is 123 Å². The van der Waals surface area contributed by atoms with Crippen molar-refractivity contribution in [2.24, 2.45) is 0 Å². The van der Waals surface area contributed by atoms with E-state index in [9.17, 15) is 0 Å². The van der Waals surface area contributed by atoms with Crippen LogP contribution in [0.25, 0.3) is 0 Å². The summed E-state index contributed by atoms with van der Waals surface area (Å²) in [4.78, 5) is 5.01. The zero-order valence-electron chi connectivity index (χ0n) is 12.6. The molecular weight excluding hydrogens is 246 g/mol. The molecule has 20 heavy (non-hydrogen) atoms. The summed E-state index contributed by atoms with van der Waals surface area (Å²) < 4.78 is 0. The topological polar surface area (TPSA) is 18.5 Å². The van der Waals surface area contributed by atoms with Gasteiger partial charge in [-0.2, -0.15) is 0 Å². The van der Waals surface area contributed by atoms with Crippen molar-refractivity contribution in [2.75, 3.05) is 46.3 Å². The largest absolute Gasteiger partial charge is 0.312 e. The summed E-state index contributed by atoms with van der Waals surface area (Å²) in [5, 5.41) is 3.77. The number of rotatable bonds is 4. The number of benzene rings is 1. The van der Waals surface area contributed by atoms with Gasteiger partial charge >= 0.3 is 0 Å². The first-order valence-electron chi connectivity index (χ1n) is 8.02. The van der Waals surface area contributed by atoms with E-state index in [1.807, 2.05) is 0 Å². The van der Waals surface area contributed by atoms with Crippen molar-refractivity contribution in [1.82, 2.24) is 15.1 Å². The molecule has 3 heteroatoms. The number of nitrogens with one attached hydrogen (secondary N) is 1. The maximum atomic E-state index is 3.77. The molecule has 0 radical (unpaired) electrons. The van der Waals surface area contributed by atoms with Gasteiger partial charge in [0.1, 0.15) is 0 Å². The lowest BCUT2D eigenvalue weighted by Gasteiger charge is -2.33. The summed E-state index contributed by atoms with van der Waals surface area (Å²) >= 11 is 0. The van der Waals surface area contributed by atoms with Gasteiger partial charge < -0.3 is 10.2 Å². The van der Waals surface area contributed by atoms with E-state index in [1.165, 1.54) is 52.0 Å². The van der Waals surface area contributed by atoms with E-state index in [0.717, 1.165) is 6.54 Å². The summed E-state index contributed by atoms with van der Waals surface area (Å²) in [6.45, 7) is 7.23. The molecule has 0 bridgehead atoms. The number of nitrogens with zero attached hydrogens (tertiary/aromatic N) is 2. The third kappa shape index (κ3) is 3.60. The third-order valence-corrected chi connectivity index (χ3v) is 4.80. The smallest absolute Gasteiger partial charge is 0.0111 e. The highest BCUT2D eigenvalue weighted by Gasteiger charge is 2.18. The molecule has 1 saturated heterocycles. The first-order chi connectivity index (χ1) is 9.81. The van der Waals surface area contributed by atoms with Gasteiger partial charge in [-0.15, -0.1) is 0 Å². The fraction of sp³-hybridized carbons (Fsp3) is 0.647. The molecule has 3 rings (SSSR count). The van der Waals surface area contributed by atoms with E-state index >= 15 is 0 Å². The Kier molecular flexibility index (Phi) is 4.71. The summed E-state index contributed by atoms with van der Waals surface area (Å²) in [6.07, 6.45) is 3.74. The van der Waals surface area contributed by atoms with Gasteiger partial charge in [-0.05, 0) is 37.4 Å². The van der Waals surface area contributed by atoms with Crippen molar-refractivity contribution in [3.8, 4) is 0 Å². The fourth-order valence-corrected chi connectivity index (χ4v) is 3.37. The van der Waals surface area contributed by atoms with E-state index in [1.54, 1.807) is 11.1 Å². The Bertz CT molecular complexity index is 424. The Morgan fingerprint density at radius 1 is 1.10 bits per heavy atom. The van der Waals surface area contributed by atoms with Crippen LogP contribution in [-0.4, -0.2) is 62.2 Å². The Balaban J connectivity index is 1.40. The highest BCUT2D eigenvalue weighted by atomic mass is 15.2. The van der Waals surface area contributed by atoms with Crippen molar-refractivity contribution in [3.05, 3.63) is 35.4 Å². The summed E-state index contributed by atoms with van der Waals surface area (Å²) in [5.41, 5.74) is 3.11. The molecule has 0 aromatic heterocycles. The molecule has 1 heterocycles. The van der Waals surface area contributed by atoms with Gasteiger partial charge in [0.05, 0.1) is 0 Å². The molecule has 2 aliphatic rings. The van der Waals surface area contributed by atoms with Gasteiger partial charge in [-0.25, -0.2) is 0 Å². The van der Waals surface area contributed by atoms with E-state index in [-0.39, 0.29) is 0 Å². The molecule has 3 nitrogen and oxygen atoms in total. The predicted octanol–water partition coefficient (Wildman–Crippen LogP) is 1.38. The second-order valence-corrected chi connectivity index (χ2v) is 6.31. The fourth-order valence-electron chi connectivity index (χ4n) is 3.37. The van der Waals surface area contributed by atoms with Gasteiger partial charge in [-0.1, -0.05) is 24.3 Å². The SMILES string of the molecule is CN1CCN(CCNC2CCc3ccccc3C2)CC1. The molecule has 110 valence electrons. The molecule has 1 atom stereocenters. The minimum absolute atomic E-state index is 0.678. The van der Waals surface area contributed by atoms with Crippen molar-refractivity contribution in [2.45, 2.75) is 25.3 Å². The number of piperazine rings is 1. The molecule has 1 aromatic rings. The van der Waals surface area contributed by atoms with Gasteiger partial charge in [0.25, 0.3) is 0 Å². The summed E-state index contributed by atoms with van der Waals surface area (Å²) in [7, 11) is 2.22. The van der Waals surface area contributed by atoms with Gasteiger partial charge in [-0.3, -0.25) is 4.90 Å². The minimum Gasteiger partial charge on any atom is -0.312 e. The monoisotopic (exact) mass is 273 g/mol. The summed E-state index contributed by atoms with van der Waals surface area (Å²) in [5.74, 6) is 0. The molecule has 1 N–H and O–H groups in total. The zero-order valence-corrected chi connectivity index (χ0v) is 12.6. The van der Waals surface area contributed by atoms with Crippen LogP contribution < -0.4 is 5.32 Å². The highest BCUT2D eigenvalue weighted by Crippen LogP contribution is 2.20. The number of aryl methyl sites for hydroxylation is 1. The molecule has 1 aliphatic carbocycles. The van der Waals surface area contributed by atoms with E-state index in [2.05, 4.69) is 46.4 Å². The molecule has 1 unspecified atom stereocenters. The van der Waals surface area contributed by atoms with Gasteiger partial charge in [0, 0.05) is 45.3 Å². The van der Waals surface area contributed by atoms with Crippen molar-refractivity contribution < 1.29 is 0 Å². The van der Waals surface area contributed by atoms with Crippen LogP contribution in [0, 0.1) is 0 Å². The van der Waals surface area contributed by atoms with E-state index in [0.29, 0.717) is 6.04 Å². The van der Waals surface area contributed by atoms with E-state index < -0.39 is 0 Å². The normalized spacial score (nSPS) is 24.6. The lowest BCUT2D eigenvalue weighted by atomic mass is 9.88. The van der Waals surface area contributed by atoms with Crippen LogP contribution in [0.5, 0.6) is 0 Å². The maximum absolute atomic E-state index is 3.77. The molecule has 0 saturated carbocycles. The Morgan fingerprint density at radius 2 is 1.85 bits per heavy atom. The first kappa shape index (κ1) is 14.1. The van der Waals surface area contributed by atoms with Crippen LogP contribution in [0.1, 0.15) is 17.5 Å². The van der Waals surface area contributed by atoms with Crippen molar-refractivity contribution in [1.29, 1.82) is 0 Å². The molecule has 0 spiro atoms. The molecule has 1 aliphatic heterocycles. The number of hydrogen-bond donors (Lipinski definition) is 1. The zero-order chi connectivity index (χ0) is 13.8. The van der Waals surface area contributed by atoms with Crippen molar-refractivity contribution >= 4 is 0 Å². The standard InChI is InChI=1S/C17H27N3/c1-19-10-12-20(13-11-19)9-8-18-17-7-6-15-4-2-3-5-16(15)14-17/h2-5,17-18H,6-14H2,1H3. The van der Waals surface area contributed by atoms with Crippen LogP contribution in [-0.2, 0) is 12.8 Å². The molecule has 0 amide bonds. The van der Waals surface area contributed by atoms with Gasteiger partial charge in [0.15, 0.2) is 0 Å². The second-order valence-electron chi connectivity index (χ2n) is 6.31. The molecular formula is C17H27N3. The summed E-state index contributed by atoms with van der Waals surface area (Å²) in [6, 6.07) is 9.60. The number of fused-ring (bicyclic) bond motifs is 1. The lowest BCUT2D eigenvalue weighted by Crippen LogP contribution is -2.47. The quantitative estimate of drug-likeness (QED) is 0.894. The van der Waals surface area contributed by atoms with Crippen LogP contribution >= 0.6 is 0 Å². The first-order valence-corrected chi connectivity index (χ1v) is 8.02. The third-order valence-electron chi connectivity index (χ3n) is 4.80. The minimum atomic E-state index is 0.678. The second kappa shape index (κ2) is 6.70. The van der Waals surface area contributed by atoms with E-state index in [4.69, 9.17) is 0 Å². The van der Waals surface area contributed by atoms with Crippen LogP contribution in [0.2, 0.25) is 0 Å². The lowest BCUT2D eigenvalue weighted by molar-refractivity contribution is 0.153. The highest BCUT2D eigenvalue weighted by molar-refractivity contribution is 5.30. The average molecular weight is 273 g/mol. The Morgan fingerprint density at radius 3 is 2.65 bits per heavy atom. The number of likely N-dealkylation sites (N-methyl/N-ethyl adjacent to an activating group) is 1. The average Bonchev–Trinajstić information content (AvgIpc) is 2.49. The van der Waals surface area contributed by atoms with Crippen LogP contribution in [0.15, 0.2) is 24.3 Å². The molecule has 1 fully saturated rings. The maximum Gasteiger partial charge on any atom is 0.0111 e. The molecule has 1 aromatic carbocycles. The van der Waals surface area contributed by atoms with Crippen molar-refractivity contribution in [3.63, 3.8) is 0 Å². The predicted molar refractivity (Wildman–Crippen MR) is 84.2 cm³/mol. The number of hydrogen-bond acceptors (Lipinski definition) is 3.